The lowest BCUT2D eigenvalue weighted by molar-refractivity contribution is -0.114. The Bertz CT molecular complexity index is 157. The molecule has 0 aromatic heterocycles. The molecule has 0 aromatic rings. The van der Waals surface area contributed by atoms with E-state index in [0.717, 1.165) is 25.6 Å². The van der Waals surface area contributed by atoms with Crippen LogP contribution in [-0.4, -0.2) is 58.6 Å². The molecule has 1 heterocycles. The highest BCUT2D eigenvalue weighted by Crippen LogP contribution is 2.11. The number of likely N-dealkylation sites (N-methyl/N-ethyl adjacent to an activating group) is 1. The van der Waals surface area contributed by atoms with E-state index >= 15 is 0 Å². The minimum absolute atomic E-state index is 0.105. The number of ether oxygens (including phenoxy) is 2. The van der Waals surface area contributed by atoms with Crippen LogP contribution in [0, 0.1) is 5.92 Å². The zero-order valence-electron chi connectivity index (χ0n) is 10.2. The molecule has 0 saturated carbocycles. The van der Waals surface area contributed by atoms with Gasteiger partial charge < -0.3 is 19.7 Å². The smallest absolute Gasteiger partial charge is 0.169 e. The molecule has 4 heteroatoms. The van der Waals surface area contributed by atoms with E-state index in [0.29, 0.717) is 0 Å². The Hall–Kier alpha value is -0.160. The molecule has 90 valence electrons. The Morgan fingerprint density at radius 3 is 2.67 bits per heavy atom. The van der Waals surface area contributed by atoms with Gasteiger partial charge in [-0.05, 0) is 38.9 Å². The van der Waals surface area contributed by atoms with Crippen molar-refractivity contribution < 1.29 is 9.47 Å². The summed E-state index contributed by atoms with van der Waals surface area (Å²) in [4.78, 5) is 2.29. The Balaban J connectivity index is 2.18. The first-order valence-corrected chi connectivity index (χ1v) is 5.71. The molecule has 0 amide bonds. The molecule has 1 N–H and O–H groups in total. The predicted octanol–water partition coefficient (Wildman–Crippen LogP) is 0.537. The second-order valence-electron chi connectivity index (χ2n) is 4.33. The quantitative estimate of drug-likeness (QED) is 0.657. The third-order valence-electron chi connectivity index (χ3n) is 2.96. The number of nitrogens with one attached hydrogen (secondary N) is 1. The highest BCUT2D eigenvalue weighted by molar-refractivity contribution is 4.72. The summed E-state index contributed by atoms with van der Waals surface area (Å²) in [5, 5.41) is 3.43. The third-order valence-corrected chi connectivity index (χ3v) is 2.96. The first-order valence-electron chi connectivity index (χ1n) is 5.71. The molecular formula is C11H24N2O2. The van der Waals surface area contributed by atoms with Crippen LogP contribution in [0.3, 0.4) is 0 Å². The molecule has 1 saturated heterocycles. The minimum Gasteiger partial charge on any atom is -0.355 e. The lowest BCUT2D eigenvalue weighted by atomic mass is 9.99. The van der Waals surface area contributed by atoms with Gasteiger partial charge in [-0.25, -0.2) is 0 Å². The molecule has 0 aromatic carbocycles. The van der Waals surface area contributed by atoms with Crippen LogP contribution < -0.4 is 5.32 Å². The monoisotopic (exact) mass is 216 g/mol. The van der Waals surface area contributed by atoms with E-state index in [-0.39, 0.29) is 6.29 Å². The van der Waals surface area contributed by atoms with Crippen LogP contribution in [0.2, 0.25) is 0 Å². The van der Waals surface area contributed by atoms with E-state index < -0.39 is 0 Å². The number of rotatable bonds is 6. The normalized spacial score (nSPS) is 22.6. The van der Waals surface area contributed by atoms with Crippen molar-refractivity contribution in [3.8, 4) is 0 Å². The molecule has 1 atom stereocenters. The van der Waals surface area contributed by atoms with Crippen molar-refractivity contribution in [3.05, 3.63) is 0 Å². The van der Waals surface area contributed by atoms with Crippen LogP contribution in [0.4, 0.5) is 0 Å². The van der Waals surface area contributed by atoms with Gasteiger partial charge in [-0.2, -0.15) is 0 Å². The van der Waals surface area contributed by atoms with E-state index in [1.165, 1.54) is 19.4 Å². The lowest BCUT2D eigenvalue weighted by Gasteiger charge is -2.29. The zero-order chi connectivity index (χ0) is 11.1. The first-order chi connectivity index (χ1) is 7.26. The van der Waals surface area contributed by atoms with Gasteiger partial charge in [-0.1, -0.05) is 0 Å². The Morgan fingerprint density at radius 2 is 2.13 bits per heavy atom. The average Bonchev–Trinajstić information content (AvgIpc) is 2.27. The van der Waals surface area contributed by atoms with E-state index in [1.807, 2.05) is 0 Å². The Morgan fingerprint density at radius 1 is 1.40 bits per heavy atom. The molecule has 1 fully saturated rings. The maximum atomic E-state index is 5.18. The fourth-order valence-corrected chi connectivity index (χ4v) is 2.09. The van der Waals surface area contributed by atoms with Gasteiger partial charge in [0.05, 0.1) is 0 Å². The highest BCUT2D eigenvalue weighted by Gasteiger charge is 2.16. The molecule has 1 rings (SSSR count). The number of piperidine rings is 1. The number of hydrogen-bond acceptors (Lipinski definition) is 4. The molecule has 0 bridgehead atoms. The van der Waals surface area contributed by atoms with Crippen LogP contribution in [0.25, 0.3) is 0 Å². The average molecular weight is 216 g/mol. The van der Waals surface area contributed by atoms with Crippen LogP contribution >= 0.6 is 0 Å². The summed E-state index contributed by atoms with van der Waals surface area (Å²) in [7, 11) is 5.49. The molecule has 1 aliphatic rings. The van der Waals surface area contributed by atoms with Crippen molar-refractivity contribution in [1.29, 1.82) is 0 Å². The van der Waals surface area contributed by atoms with E-state index in [2.05, 4.69) is 17.3 Å². The van der Waals surface area contributed by atoms with E-state index in [9.17, 15) is 0 Å². The standard InChI is InChI=1S/C11H24N2O2/c1-13(9-11(14-2)15-3)8-10-5-4-6-12-7-10/h10-12H,4-9H2,1-3H3. The number of methoxy groups -OCH3 is 2. The summed E-state index contributed by atoms with van der Waals surface area (Å²) in [5.41, 5.74) is 0. The van der Waals surface area contributed by atoms with Gasteiger partial charge in [-0.15, -0.1) is 0 Å². The van der Waals surface area contributed by atoms with Crippen LogP contribution in [0.1, 0.15) is 12.8 Å². The van der Waals surface area contributed by atoms with Gasteiger partial charge in [0.15, 0.2) is 6.29 Å². The lowest BCUT2D eigenvalue weighted by Crippen LogP contribution is -2.40. The van der Waals surface area contributed by atoms with Gasteiger partial charge in [0.25, 0.3) is 0 Å². The summed E-state index contributed by atoms with van der Waals surface area (Å²) in [6, 6.07) is 0. The maximum Gasteiger partial charge on any atom is 0.169 e. The molecule has 4 nitrogen and oxygen atoms in total. The first kappa shape index (κ1) is 12.9. The Labute approximate surface area is 92.9 Å². The van der Waals surface area contributed by atoms with Gasteiger partial charge in [-0.3, -0.25) is 0 Å². The highest BCUT2D eigenvalue weighted by atomic mass is 16.7. The van der Waals surface area contributed by atoms with Crippen molar-refractivity contribution in [2.24, 2.45) is 5.92 Å². The van der Waals surface area contributed by atoms with Crippen molar-refractivity contribution >= 4 is 0 Å². The van der Waals surface area contributed by atoms with Gasteiger partial charge in [0, 0.05) is 27.3 Å². The SMILES string of the molecule is COC(CN(C)CC1CCCNC1)OC. The molecule has 0 radical (unpaired) electrons. The molecule has 0 aliphatic carbocycles. The second kappa shape index (κ2) is 7.17. The topological polar surface area (TPSA) is 33.7 Å². The van der Waals surface area contributed by atoms with Crippen molar-refractivity contribution in [1.82, 2.24) is 10.2 Å². The fraction of sp³-hybridized carbons (Fsp3) is 1.00. The molecule has 15 heavy (non-hydrogen) atoms. The van der Waals surface area contributed by atoms with Crippen molar-refractivity contribution in [3.63, 3.8) is 0 Å². The summed E-state index contributed by atoms with van der Waals surface area (Å²) in [5.74, 6) is 0.776. The molecule has 1 unspecified atom stereocenters. The van der Waals surface area contributed by atoms with Gasteiger partial charge in [0.1, 0.15) is 0 Å². The minimum atomic E-state index is -0.105. The third kappa shape index (κ3) is 4.93. The molecular weight excluding hydrogens is 192 g/mol. The number of nitrogens with zero attached hydrogens (tertiary/aromatic N) is 1. The Kier molecular flexibility index (Phi) is 6.17. The van der Waals surface area contributed by atoms with E-state index in [4.69, 9.17) is 9.47 Å². The zero-order valence-corrected chi connectivity index (χ0v) is 10.2. The molecule has 1 aliphatic heterocycles. The van der Waals surface area contributed by atoms with Crippen LogP contribution in [0.15, 0.2) is 0 Å². The molecule has 0 spiro atoms. The van der Waals surface area contributed by atoms with Gasteiger partial charge in [0.2, 0.25) is 0 Å². The van der Waals surface area contributed by atoms with Crippen LogP contribution in [0.5, 0.6) is 0 Å². The van der Waals surface area contributed by atoms with Crippen LogP contribution in [-0.2, 0) is 9.47 Å². The maximum absolute atomic E-state index is 5.18. The van der Waals surface area contributed by atoms with Crippen molar-refractivity contribution in [2.75, 3.05) is 47.4 Å². The second-order valence-corrected chi connectivity index (χ2v) is 4.33. The number of hydrogen-bond donors (Lipinski definition) is 1. The van der Waals surface area contributed by atoms with Crippen molar-refractivity contribution in [2.45, 2.75) is 19.1 Å². The van der Waals surface area contributed by atoms with Gasteiger partial charge >= 0.3 is 0 Å². The summed E-state index contributed by atoms with van der Waals surface area (Å²) in [6.45, 7) is 4.29. The summed E-state index contributed by atoms with van der Waals surface area (Å²) in [6.07, 6.45) is 2.53. The largest absolute Gasteiger partial charge is 0.355 e. The van der Waals surface area contributed by atoms with E-state index in [1.54, 1.807) is 14.2 Å². The summed E-state index contributed by atoms with van der Waals surface area (Å²) < 4.78 is 10.4. The predicted molar refractivity (Wildman–Crippen MR) is 60.9 cm³/mol. The fourth-order valence-electron chi connectivity index (χ4n) is 2.09. The summed E-state index contributed by atoms with van der Waals surface area (Å²) >= 11 is 0.